The highest BCUT2D eigenvalue weighted by atomic mass is 35.5. The lowest BCUT2D eigenvalue weighted by molar-refractivity contribution is -0.142. The zero-order valence-corrected chi connectivity index (χ0v) is 23.0. The van der Waals surface area contributed by atoms with Gasteiger partial charge in [-0.15, -0.1) is 35.5 Å². The smallest absolute Gasteiger partial charge is 0.419 e. The number of carbonyl (C=O) groups is 2. The first-order valence-electron chi connectivity index (χ1n) is 11.6. The molecule has 1 heterocycles. The van der Waals surface area contributed by atoms with Gasteiger partial charge in [-0.25, -0.2) is 9.78 Å². The zero-order chi connectivity index (χ0) is 26.2. The van der Waals surface area contributed by atoms with Crippen molar-refractivity contribution < 1.29 is 19.1 Å². The van der Waals surface area contributed by atoms with Crippen LogP contribution in [0, 0.1) is 5.41 Å². The fourth-order valence-corrected chi connectivity index (χ4v) is 5.32. The number of nitrogens with two attached hydrogens (primary N) is 1. The molecule has 0 aliphatic carbocycles. The number of amides is 1. The second kappa shape index (κ2) is 13.8. The first kappa shape index (κ1) is 29.0. The maximum atomic E-state index is 13.1. The third kappa shape index (κ3) is 7.70. The summed E-state index contributed by atoms with van der Waals surface area (Å²) in [5, 5.41) is 8.44. The highest BCUT2D eigenvalue weighted by Gasteiger charge is 2.20. The molecule has 0 unspecified atom stereocenters. The molecule has 0 aliphatic heterocycles. The van der Waals surface area contributed by atoms with Crippen molar-refractivity contribution >= 4 is 69.3 Å². The van der Waals surface area contributed by atoms with Crippen molar-refractivity contribution in [1.82, 2.24) is 4.98 Å². The summed E-state index contributed by atoms with van der Waals surface area (Å²) in [5.74, 6) is 0.730. The first-order valence-corrected chi connectivity index (χ1v) is 13.4. The van der Waals surface area contributed by atoms with Gasteiger partial charge in [-0.1, -0.05) is 30.3 Å². The van der Waals surface area contributed by atoms with E-state index in [4.69, 9.17) is 25.6 Å². The van der Waals surface area contributed by atoms with Gasteiger partial charge in [0.2, 0.25) is 0 Å². The van der Waals surface area contributed by atoms with Crippen molar-refractivity contribution in [3.8, 4) is 5.75 Å². The van der Waals surface area contributed by atoms with Crippen LogP contribution in [0.5, 0.6) is 5.75 Å². The van der Waals surface area contributed by atoms with E-state index in [0.29, 0.717) is 22.8 Å². The predicted molar refractivity (Wildman–Crippen MR) is 155 cm³/mol. The Balaban J connectivity index is 0.00000400. The van der Waals surface area contributed by atoms with Gasteiger partial charge in [-0.2, -0.15) is 0 Å². The second-order valence-electron chi connectivity index (χ2n) is 7.87. The number of hydrogen-bond donors (Lipinski definition) is 2. The number of para-hydroxylation sites is 1. The maximum Gasteiger partial charge on any atom is 0.419 e. The molecule has 8 nitrogen and oxygen atoms in total. The molecule has 4 rings (SSSR count). The van der Waals surface area contributed by atoms with Crippen LogP contribution in [0.1, 0.15) is 23.9 Å². The topological polar surface area (TPSA) is 119 Å². The van der Waals surface area contributed by atoms with Gasteiger partial charge < -0.3 is 15.2 Å². The number of hydrogen-bond acceptors (Lipinski definition) is 8. The standard InChI is InChI=1S/C27H26N4O4S2.ClH/c1-2-34-25(32)14-15-31(19-6-4-3-5-7-19)27(33)35-20-10-13-23-22(16-20)30-24(37-23)17-36-21-11-8-18(9-12-21)26(28)29;/h3-13,16H,2,14-15,17H2,1H3,(H3,28,29);1H. The van der Waals surface area contributed by atoms with Crippen LogP contribution in [0.4, 0.5) is 10.5 Å². The number of fused-ring (bicyclic) bond motifs is 1. The molecule has 0 radical (unpaired) electrons. The minimum Gasteiger partial charge on any atom is -0.466 e. The highest BCUT2D eigenvalue weighted by molar-refractivity contribution is 7.98. The van der Waals surface area contributed by atoms with Crippen molar-refractivity contribution in [2.45, 2.75) is 24.0 Å². The van der Waals surface area contributed by atoms with Crippen LogP contribution < -0.4 is 15.4 Å². The van der Waals surface area contributed by atoms with Crippen molar-refractivity contribution in [1.29, 1.82) is 5.41 Å². The molecule has 3 N–H and O–H groups in total. The summed E-state index contributed by atoms with van der Waals surface area (Å²) in [7, 11) is 0. The number of rotatable bonds is 10. The Morgan fingerprint density at radius 2 is 1.82 bits per heavy atom. The predicted octanol–water partition coefficient (Wildman–Crippen LogP) is 6.25. The second-order valence-corrected chi connectivity index (χ2v) is 10.0. The minimum atomic E-state index is -0.588. The fraction of sp³-hybridized carbons (Fsp3) is 0.185. The number of anilines is 1. The van der Waals surface area contributed by atoms with E-state index in [-0.39, 0.29) is 43.8 Å². The summed E-state index contributed by atoms with van der Waals surface area (Å²) >= 11 is 3.23. The number of aromatic nitrogens is 1. The summed E-state index contributed by atoms with van der Waals surface area (Å²) in [5.41, 5.74) is 7.58. The summed E-state index contributed by atoms with van der Waals surface area (Å²) in [6, 6.07) is 22.0. The molecule has 1 aromatic heterocycles. The quantitative estimate of drug-likeness (QED) is 0.1000. The summed E-state index contributed by atoms with van der Waals surface area (Å²) in [6.45, 7) is 2.16. The van der Waals surface area contributed by atoms with Crippen LogP contribution in [-0.4, -0.2) is 36.0 Å². The van der Waals surface area contributed by atoms with E-state index >= 15 is 0 Å². The fourth-order valence-electron chi connectivity index (χ4n) is 3.48. The van der Waals surface area contributed by atoms with E-state index < -0.39 is 6.09 Å². The monoisotopic (exact) mass is 570 g/mol. The molecule has 0 aliphatic rings. The molecule has 1 amide bonds. The molecule has 38 heavy (non-hydrogen) atoms. The molecule has 0 spiro atoms. The molecule has 0 fully saturated rings. The van der Waals surface area contributed by atoms with E-state index in [2.05, 4.69) is 0 Å². The Kier molecular flexibility index (Phi) is 10.5. The van der Waals surface area contributed by atoms with Crippen LogP contribution >= 0.6 is 35.5 Å². The molecular weight excluding hydrogens is 544 g/mol. The Morgan fingerprint density at radius 1 is 1.08 bits per heavy atom. The number of nitrogen functional groups attached to an aromatic ring is 1. The lowest BCUT2D eigenvalue weighted by Crippen LogP contribution is -2.35. The SMILES string of the molecule is CCOC(=O)CCN(C(=O)Oc1ccc2sc(CSc3ccc(C(=N)N)cc3)nc2c1)c1ccccc1.Cl. The van der Waals surface area contributed by atoms with E-state index in [1.54, 1.807) is 54.3 Å². The third-order valence-corrected chi connectivity index (χ3v) is 7.51. The number of nitrogens with zero attached hydrogens (tertiary/aromatic N) is 2. The molecule has 11 heteroatoms. The number of thiazole rings is 1. The largest absolute Gasteiger partial charge is 0.466 e. The van der Waals surface area contributed by atoms with Crippen LogP contribution in [0.25, 0.3) is 10.2 Å². The van der Waals surface area contributed by atoms with E-state index in [1.807, 2.05) is 48.5 Å². The van der Waals surface area contributed by atoms with Crippen LogP contribution in [0.15, 0.2) is 77.7 Å². The molecule has 4 aromatic rings. The first-order chi connectivity index (χ1) is 17.9. The molecular formula is C27H27ClN4O4S2. The molecule has 3 aromatic carbocycles. The van der Waals surface area contributed by atoms with Gasteiger partial charge in [0.05, 0.1) is 29.0 Å². The van der Waals surface area contributed by atoms with Gasteiger partial charge in [0.25, 0.3) is 0 Å². The number of carbonyl (C=O) groups excluding carboxylic acids is 2. The number of nitrogens with one attached hydrogen (secondary N) is 1. The summed E-state index contributed by atoms with van der Waals surface area (Å²) in [4.78, 5) is 32.1. The van der Waals surface area contributed by atoms with E-state index in [1.165, 1.54) is 4.90 Å². The lowest BCUT2D eigenvalue weighted by atomic mass is 10.2. The Hall–Kier alpha value is -3.60. The molecule has 198 valence electrons. The van der Waals surface area contributed by atoms with Crippen molar-refractivity contribution in [2.24, 2.45) is 5.73 Å². The van der Waals surface area contributed by atoms with Gasteiger partial charge in [0.15, 0.2) is 0 Å². The number of thioether (sulfide) groups is 1. The van der Waals surface area contributed by atoms with Crippen LogP contribution in [0.2, 0.25) is 0 Å². The number of amidine groups is 1. The third-order valence-electron chi connectivity index (χ3n) is 5.27. The lowest BCUT2D eigenvalue weighted by Gasteiger charge is -2.21. The van der Waals surface area contributed by atoms with Crippen LogP contribution in [-0.2, 0) is 15.3 Å². The van der Waals surface area contributed by atoms with Crippen molar-refractivity contribution in [3.05, 3.63) is 83.4 Å². The van der Waals surface area contributed by atoms with Gasteiger partial charge in [0.1, 0.15) is 16.6 Å². The minimum absolute atomic E-state index is 0. The van der Waals surface area contributed by atoms with E-state index in [0.717, 1.165) is 20.1 Å². The molecule has 0 saturated heterocycles. The highest BCUT2D eigenvalue weighted by Crippen LogP contribution is 2.31. The van der Waals surface area contributed by atoms with Crippen molar-refractivity contribution in [3.63, 3.8) is 0 Å². The number of benzene rings is 3. The molecule has 0 saturated carbocycles. The average molecular weight is 571 g/mol. The number of esters is 1. The summed E-state index contributed by atoms with van der Waals surface area (Å²) < 4.78 is 11.7. The Labute approximate surface area is 235 Å². The van der Waals surface area contributed by atoms with Gasteiger partial charge in [-0.05, 0) is 43.3 Å². The zero-order valence-electron chi connectivity index (χ0n) is 20.6. The molecule has 0 bridgehead atoms. The van der Waals surface area contributed by atoms with E-state index in [9.17, 15) is 9.59 Å². The Bertz CT molecular complexity index is 1400. The average Bonchev–Trinajstić information content (AvgIpc) is 3.31. The van der Waals surface area contributed by atoms with Gasteiger partial charge in [0, 0.05) is 28.8 Å². The maximum absolute atomic E-state index is 13.1. The Morgan fingerprint density at radius 3 is 2.50 bits per heavy atom. The number of halogens is 1. The van der Waals surface area contributed by atoms with Gasteiger partial charge >= 0.3 is 12.1 Å². The molecule has 0 atom stereocenters. The summed E-state index contributed by atoms with van der Waals surface area (Å²) in [6.07, 6.45) is -0.531. The van der Waals surface area contributed by atoms with Crippen LogP contribution in [0.3, 0.4) is 0 Å². The van der Waals surface area contributed by atoms with Crippen molar-refractivity contribution in [2.75, 3.05) is 18.1 Å². The normalized spacial score (nSPS) is 10.4. The number of ether oxygens (including phenoxy) is 2. The van der Waals surface area contributed by atoms with Gasteiger partial charge in [-0.3, -0.25) is 15.1 Å².